The second kappa shape index (κ2) is 6.75. The molecule has 3 rings (SSSR count). The summed E-state index contributed by atoms with van der Waals surface area (Å²) in [6.45, 7) is 2.30. The van der Waals surface area contributed by atoms with Crippen molar-refractivity contribution in [3.8, 4) is 11.5 Å². The number of anilines is 1. The van der Waals surface area contributed by atoms with E-state index in [9.17, 15) is 4.79 Å². The average Bonchev–Trinajstić information content (AvgIpc) is 2.97. The molecule has 22 heavy (non-hydrogen) atoms. The Morgan fingerprint density at radius 2 is 1.91 bits per heavy atom. The molecule has 1 aliphatic heterocycles. The van der Waals surface area contributed by atoms with Crippen molar-refractivity contribution in [3.63, 3.8) is 0 Å². The number of hydrogen-bond donors (Lipinski definition) is 1. The highest BCUT2D eigenvalue weighted by molar-refractivity contribution is 7.99. The van der Waals surface area contributed by atoms with Gasteiger partial charge >= 0.3 is 0 Å². The van der Waals surface area contributed by atoms with E-state index in [0.29, 0.717) is 5.75 Å². The van der Waals surface area contributed by atoms with Crippen molar-refractivity contribution < 1.29 is 14.3 Å². The molecular weight excluding hydrogens is 298 g/mol. The van der Waals surface area contributed by atoms with Crippen LogP contribution in [0.25, 0.3) is 0 Å². The van der Waals surface area contributed by atoms with Gasteiger partial charge in [0.05, 0.1) is 5.75 Å². The van der Waals surface area contributed by atoms with Crippen molar-refractivity contribution in [2.24, 2.45) is 0 Å². The van der Waals surface area contributed by atoms with Gasteiger partial charge in [-0.2, -0.15) is 0 Å². The Bertz CT molecular complexity index is 670. The zero-order chi connectivity index (χ0) is 15.4. The van der Waals surface area contributed by atoms with Gasteiger partial charge in [-0.1, -0.05) is 23.8 Å². The van der Waals surface area contributed by atoms with E-state index < -0.39 is 0 Å². The fourth-order valence-electron chi connectivity index (χ4n) is 2.13. The summed E-state index contributed by atoms with van der Waals surface area (Å²) in [5, 5.41) is 2.89. The number of carbonyl (C=O) groups excluding carboxylic acids is 1. The molecule has 1 N–H and O–H groups in total. The highest BCUT2D eigenvalue weighted by Crippen LogP contribution is 2.33. The summed E-state index contributed by atoms with van der Waals surface area (Å²) in [5.74, 6) is 2.75. The van der Waals surface area contributed by atoms with Crippen LogP contribution in [0, 0.1) is 6.92 Å². The number of thioether (sulfide) groups is 1. The number of aryl methyl sites for hydroxylation is 1. The standard InChI is InChI=1S/C17H17NO3S/c1-12-2-5-14(6-3-12)18-17(19)10-22-9-13-4-7-15-16(8-13)21-11-20-15/h2-8H,9-11H2,1H3,(H,18,19). The first-order chi connectivity index (χ1) is 10.7. The normalized spacial score (nSPS) is 12.2. The molecule has 2 aromatic rings. The Balaban J connectivity index is 1.46. The van der Waals surface area contributed by atoms with Gasteiger partial charge in [0.1, 0.15) is 0 Å². The molecule has 0 unspecified atom stereocenters. The van der Waals surface area contributed by atoms with Crippen LogP contribution >= 0.6 is 11.8 Å². The number of fused-ring (bicyclic) bond motifs is 1. The Hall–Kier alpha value is -2.14. The highest BCUT2D eigenvalue weighted by atomic mass is 32.2. The zero-order valence-electron chi connectivity index (χ0n) is 12.3. The molecule has 0 saturated heterocycles. The molecule has 5 heteroatoms. The first-order valence-corrected chi connectivity index (χ1v) is 8.19. The third-order valence-corrected chi connectivity index (χ3v) is 4.28. The molecular formula is C17H17NO3S. The van der Waals surface area contributed by atoms with E-state index >= 15 is 0 Å². The minimum atomic E-state index is 0.00889. The van der Waals surface area contributed by atoms with Crippen molar-refractivity contribution in [3.05, 3.63) is 53.6 Å². The number of nitrogens with one attached hydrogen (secondary N) is 1. The first kappa shape index (κ1) is 14.8. The average molecular weight is 315 g/mol. The van der Waals surface area contributed by atoms with E-state index in [2.05, 4.69) is 5.32 Å². The van der Waals surface area contributed by atoms with Gasteiger partial charge in [0, 0.05) is 11.4 Å². The third-order valence-electron chi connectivity index (χ3n) is 3.27. The number of carbonyl (C=O) groups is 1. The number of ether oxygens (including phenoxy) is 2. The summed E-state index contributed by atoms with van der Waals surface area (Å²) in [5.41, 5.74) is 3.13. The summed E-state index contributed by atoms with van der Waals surface area (Å²) in [6.07, 6.45) is 0. The van der Waals surface area contributed by atoms with Crippen molar-refractivity contribution in [1.82, 2.24) is 0 Å². The summed E-state index contributed by atoms with van der Waals surface area (Å²) in [4.78, 5) is 11.9. The predicted octanol–water partition coefficient (Wildman–Crippen LogP) is 3.60. The van der Waals surface area contributed by atoms with Crippen LogP contribution in [0.4, 0.5) is 5.69 Å². The lowest BCUT2D eigenvalue weighted by Gasteiger charge is -2.06. The largest absolute Gasteiger partial charge is 0.454 e. The van der Waals surface area contributed by atoms with Crippen LogP contribution in [0.1, 0.15) is 11.1 Å². The Morgan fingerprint density at radius 1 is 1.14 bits per heavy atom. The molecule has 1 heterocycles. The van der Waals surface area contributed by atoms with Gasteiger partial charge in [0.2, 0.25) is 12.7 Å². The van der Waals surface area contributed by atoms with Crippen molar-refractivity contribution >= 4 is 23.4 Å². The lowest BCUT2D eigenvalue weighted by Crippen LogP contribution is -2.14. The maximum atomic E-state index is 11.9. The van der Waals surface area contributed by atoms with Crippen LogP contribution in [-0.4, -0.2) is 18.5 Å². The molecule has 0 atom stereocenters. The molecule has 0 radical (unpaired) electrons. The van der Waals surface area contributed by atoms with Crippen LogP contribution in [0.3, 0.4) is 0 Å². The summed E-state index contributed by atoms with van der Waals surface area (Å²) < 4.78 is 10.6. The number of amides is 1. The first-order valence-electron chi connectivity index (χ1n) is 7.03. The Morgan fingerprint density at radius 3 is 2.73 bits per heavy atom. The summed E-state index contributed by atoms with van der Waals surface area (Å²) in [7, 11) is 0. The molecule has 1 aliphatic rings. The van der Waals surface area contributed by atoms with Crippen molar-refractivity contribution in [2.45, 2.75) is 12.7 Å². The Kier molecular flexibility index (Phi) is 4.53. The molecule has 114 valence electrons. The Labute approximate surface area is 133 Å². The van der Waals surface area contributed by atoms with Crippen molar-refractivity contribution in [2.75, 3.05) is 17.9 Å². The maximum Gasteiger partial charge on any atom is 0.234 e. The zero-order valence-corrected chi connectivity index (χ0v) is 13.1. The predicted molar refractivity (Wildman–Crippen MR) is 88.5 cm³/mol. The van der Waals surface area contributed by atoms with E-state index in [4.69, 9.17) is 9.47 Å². The second-order valence-electron chi connectivity index (χ2n) is 5.09. The van der Waals surface area contributed by atoms with E-state index in [0.717, 1.165) is 28.5 Å². The number of hydrogen-bond acceptors (Lipinski definition) is 4. The van der Waals surface area contributed by atoms with Crippen LogP contribution in [-0.2, 0) is 10.5 Å². The summed E-state index contributed by atoms with van der Waals surface area (Å²) >= 11 is 1.57. The van der Waals surface area contributed by atoms with E-state index in [1.807, 2.05) is 49.4 Å². The number of benzene rings is 2. The molecule has 0 fully saturated rings. The molecule has 4 nitrogen and oxygen atoms in total. The smallest absolute Gasteiger partial charge is 0.234 e. The van der Waals surface area contributed by atoms with Crippen LogP contribution in [0.5, 0.6) is 11.5 Å². The van der Waals surface area contributed by atoms with Gasteiger partial charge in [-0.3, -0.25) is 4.79 Å². The second-order valence-corrected chi connectivity index (χ2v) is 6.08. The highest BCUT2D eigenvalue weighted by Gasteiger charge is 2.13. The van der Waals surface area contributed by atoms with Gasteiger partial charge in [0.25, 0.3) is 0 Å². The van der Waals surface area contributed by atoms with E-state index in [-0.39, 0.29) is 12.7 Å². The lowest BCUT2D eigenvalue weighted by atomic mass is 10.2. The topological polar surface area (TPSA) is 47.6 Å². The van der Waals surface area contributed by atoms with Crippen LogP contribution < -0.4 is 14.8 Å². The van der Waals surface area contributed by atoms with Crippen LogP contribution in [0.15, 0.2) is 42.5 Å². The molecule has 0 aliphatic carbocycles. The van der Waals surface area contributed by atoms with Gasteiger partial charge in [-0.15, -0.1) is 11.8 Å². The molecule has 2 aromatic carbocycles. The minimum absolute atomic E-state index is 0.00889. The van der Waals surface area contributed by atoms with Gasteiger partial charge < -0.3 is 14.8 Å². The molecule has 0 bridgehead atoms. The van der Waals surface area contributed by atoms with Gasteiger partial charge in [-0.05, 0) is 36.8 Å². The summed E-state index contributed by atoms with van der Waals surface area (Å²) in [6, 6.07) is 13.7. The molecule has 1 amide bonds. The fourth-order valence-corrected chi connectivity index (χ4v) is 2.90. The lowest BCUT2D eigenvalue weighted by molar-refractivity contribution is -0.113. The van der Waals surface area contributed by atoms with E-state index in [1.165, 1.54) is 5.56 Å². The number of rotatable bonds is 5. The monoisotopic (exact) mass is 315 g/mol. The fraction of sp³-hybridized carbons (Fsp3) is 0.235. The van der Waals surface area contributed by atoms with E-state index in [1.54, 1.807) is 11.8 Å². The molecule has 0 aromatic heterocycles. The molecule has 0 saturated carbocycles. The molecule has 0 spiro atoms. The quantitative estimate of drug-likeness (QED) is 0.916. The SMILES string of the molecule is Cc1ccc(NC(=O)CSCc2ccc3c(c2)OCO3)cc1. The van der Waals surface area contributed by atoms with Crippen LogP contribution in [0.2, 0.25) is 0 Å². The maximum absolute atomic E-state index is 11.9. The van der Waals surface area contributed by atoms with Gasteiger partial charge in [-0.25, -0.2) is 0 Å². The third kappa shape index (κ3) is 3.74. The van der Waals surface area contributed by atoms with Crippen molar-refractivity contribution in [1.29, 1.82) is 0 Å². The minimum Gasteiger partial charge on any atom is -0.454 e. The van der Waals surface area contributed by atoms with Gasteiger partial charge in [0.15, 0.2) is 11.5 Å².